The fraction of sp³-hybridized carbons (Fsp3) is 0.545. The highest BCUT2D eigenvalue weighted by Crippen LogP contribution is 2.66. The van der Waals surface area contributed by atoms with E-state index in [2.05, 4.69) is 3.63 Å². The van der Waals surface area contributed by atoms with Gasteiger partial charge in [-0.3, -0.25) is 0 Å². The van der Waals surface area contributed by atoms with E-state index >= 15 is 0 Å². The first-order valence-corrected chi connectivity index (χ1v) is 13.9. The third-order valence-electron chi connectivity index (χ3n) is 5.94. The van der Waals surface area contributed by atoms with Crippen molar-refractivity contribution < 1.29 is 51.6 Å². The van der Waals surface area contributed by atoms with Gasteiger partial charge in [0.2, 0.25) is 0 Å². The van der Waals surface area contributed by atoms with Crippen LogP contribution in [0.5, 0.6) is 0 Å². The number of hydrogen-bond acceptors (Lipinski definition) is 3. The van der Waals surface area contributed by atoms with Gasteiger partial charge in [0.25, 0.3) is 0 Å². The summed E-state index contributed by atoms with van der Waals surface area (Å²) in [6.07, 6.45) is -6.67. The van der Waals surface area contributed by atoms with Crippen molar-refractivity contribution in [2.45, 2.75) is 67.2 Å². The predicted molar refractivity (Wildman–Crippen MR) is 118 cm³/mol. The summed E-state index contributed by atoms with van der Waals surface area (Å²) in [5, 5.41) is -5.90. The lowest BCUT2D eigenvalue weighted by atomic mass is 9.84. The standard InChI is InChI=1S/C22H23F9O3S2/c1-18(2,3)16-10-11-17(15-9-5-4-8-14(15)16)35(12-6-7-13-35)34-36(32,33)22(30,31)20(25,26)19(23,24)21(27,28)29/h4-5,8-11H,6-7,12-13H2,1-3H3. The van der Waals surface area contributed by atoms with Crippen molar-refractivity contribution in [1.82, 2.24) is 0 Å². The average Bonchev–Trinajstić information content (AvgIpc) is 3.19. The van der Waals surface area contributed by atoms with Crippen molar-refractivity contribution in [2.24, 2.45) is 0 Å². The van der Waals surface area contributed by atoms with Crippen molar-refractivity contribution in [1.29, 1.82) is 0 Å². The Morgan fingerprint density at radius 3 is 1.72 bits per heavy atom. The van der Waals surface area contributed by atoms with Gasteiger partial charge in [0.15, 0.2) is 0 Å². The molecule has 0 aliphatic carbocycles. The number of rotatable bonds is 6. The second-order valence-electron chi connectivity index (χ2n) is 9.52. The monoisotopic (exact) mass is 570 g/mol. The smallest absolute Gasteiger partial charge is 0.211 e. The lowest BCUT2D eigenvalue weighted by Crippen LogP contribution is -2.63. The fourth-order valence-corrected chi connectivity index (χ4v) is 9.95. The highest BCUT2D eigenvalue weighted by Gasteiger charge is 2.86. The Kier molecular flexibility index (Phi) is 6.97. The van der Waals surface area contributed by atoms with Crippen LogP contribution in [-0.2, 0) is 19.2 Å². The Hall–Kier alpha value is -1.67. The van der Waals surface area contributed by atoms with E-state index in [1.807, 2.05) is 20.8 Å². The Morgan fingerprint density at radius 2 is 1.25 bits per heavy atom. The zero-order valence-electron chi connectivity index (χ0n) is 19.2. The Balaban J connectivity index is 2.18. The molecule has 3 nitrogen and oxygen atoms in total. The molecular weight excluding hydrogens is 547 g/mol. The molecule has 1 saturated heterocycles. The van der Waals surface area contributed by atoms with Crippen molar-refractivity contribution in [2.75, 3.05) is 11.5 Å². The van der Waals surface area contributed by atoms with E-state index in [-0.39, 0.29) is 29.2 Å². The highest BCUT2D eigenvalue weighted by molar-refractivity contribution is 8.33. The third kappa shape index (κ3) is 4.36. The van der Waals surface area contributed by atoms with Crippen LogP contribution in [0.1, 0.15) is 39.2 Å². The summed E-state index contributed by atoms with van der Waals surface area (Å²) in [7, 11) is -10.3. The molecule has 0 bridgehead atoms. The Bertz CT molecular complexity index is 1240. The average molecular weight is 571 g/mol. The number of halogens is 9. The van der Waals surface area contributed by atoms with Gasteiger partial charge in [0.05, 0.1) is 0 Å². The molecule has 2 aromatic rings. The van der Waals surface area contributed by atoms with Crippen LogP contribution in [0.4, 0.5) is 39.5 Å². The maximum Gasteiger partial charge on any atom is 0.460 e. The summed E-state index contributed by atoms with van der Waals surface area (Å²) in [6, 6.07) is 9.49. The van der Waals surface area contributed by atoms with E-state index in [1.54, 1.807) is 30.3 Å². The molecule has 0 N–H and O–H groups in total. The van der Waals surface area contributed by atoms with Gasteiger partial charge >= 0.3 is 33.4 Å². The molecule has 0 aromatic heterocycles. The van der Waals surface area contributed by atoms with E-state index in [0.29, 0.717) is 10.8 Å². The van der Waals surface area contributed by atoms with Crippen molar-refractivity contribution in [3.8, 4) is 0 Å². The number of hydrogen-bond donors (Lipinski definition) is 0. The van der Waals surface area contributed by atoms with Crippen molar-refractivity contribution >= 4 is 31.2 Å². The molecule has 0 saturated carbocycles. The summed E-state index contributed by atoms with van der Waals surface area (Å²) >= 11 is 0. The molecule has 3 rings (SSSR count). The van der Waals surface area contributed by atoms with Crippen LogP contribution in [0.2, 0.25) is 0 Å². The second kappa shape index (κ2) is 8.69. The first-order valence-electron chi connectivity index (χ1n) is 10.6. The van der Waals surface area contributed by atoms with Crippen molar-refractivity contribution in [3.05, 3.63) is 42.0 Å². The molecule has 1 heterocycles. The number of benzene rings is 2. The molecule has 1 fully saturated rings. The molecule has 36 heavy (non-hydrogen) atoms. The normalized spacial score (nSPS) is 19.0. The second-order valence-corrected chi connectivity index (χ2v) is 14.4. The highest BCUT2D eigenvalue weighted by atomic mass is 32.3. The van der Waals surface area contributed by atoms with Crippen LogP contribution in [0, 0.1) is 0 Å². The molecule has 1 aliphatic rings. The van der Waals surface area contributed by atoms with Gasteiger partial charge in [-0.2, -0.15) is 47.9 Å². The molecule has 1 aliphatic heterocycles. The van der Waals surface area contributed by atoms with Crippen molar-refractivity contribution in [3.63, 3.8) is 0 Å². The zero-order valence-corrected chi connectivity index (χ0v) is 20.9. The maximum atomic E-state index is 14.4. The van der Waals surface area contributed by atoms with E-state index in [0.717, 1.165) is 5.56 Å². The predicted octanol–water partition coefficient (Wildman–Crippen LogP) is 7.78. The number of fused-ring (bicyclic) bond motifs is 1. The molecule has 0 atom stereocenters. The van der Waals surface area contributed by atoms with Gasteiger partial charge in [-0.15, -0.1) is 0 Å². The van der Waals surface area contributed by atoms with Crippen LogP contribution in [0.15, 0.2) is 41.3 Å². The Morgan fingerprint density at radius 1 is 0.750 bits per heavy atom. The lowest BCUT2D eigenvalue weighted by molar-refractivity contribution is -0.382. The van der Waals surface area contributed by atoms with E-state index in [4.69, 9.17) is 0 Å². The summed E-state index contributed by atoms with van der Waals surface area (Å²) in [5.74, 6) is -15.1. The van der Waals surface area contributed by atoms with E-state index < -0.39 is 49.1 Å². The van der Waals surface area contributed by atoms with Gasteiger partial charge in [0.1, 0.15) is 0 Å². The molecule has 0 amide bonds. The first kappa shape index (κ1) is 28.9. The van der Waals surface area contributed by atoms with Crippen LogP contribution in [0.3, 0.4) is 0 Å². The minimum absolute atomic E-state index is 0.105. The minimum atomic E-state index is -7.35. The summed E-state index contributed by atoms with van der Waals surface area (Å²) in [4.78, 5) is 0.105. The van der Waals surface area contributed by atoms with Crippen LogP contribution >= 0.6 is 10.3 Å². The Labute approximate surface area is 203 Å². The van der Waals surface area contributed by atoms with Crippen LogP contribution < -0.4 is 0 Å². The maximum absolute atomic E-state index is 14.4. The molecule has 14 heteroatoms. The van der Waals surface area contributed by atoms with E-state index in [9.17, 15) is 47.9 Å². The number of alkyl halides is 9. The first-order chi connectivity index (χ1) is 16.1. The SMILES string of the molecule is CC(C)(C)c1ccc(S2(OS(=O)(=O)C(F)(F)C(F)(F)C(F)(F)C(F)(F)F)CCCC2)c2ccccc12. The van der Waals surface area contributed by atoms with Gasteiger partial charge in [0, 0.05) is 16.4 Å². The minimum Gasteiger partial charge on any atom is -0.211 e. The quantitative estimate of drug-likeness (QED) is 0.333. The molecule has 0 radical (unpaired) electrons. The summed E-state index contributed by atoms with van der Waals surface area (Å²) in [6.45, 7) is 5.66. The topological polar surface area (TPSA) is 43.4 Å². The molecule has 0 unspecified atom stereocenters. The van der Waals surface area contributed by atoms with Gasteiger partial charge in [-0.25, -0.2) is 3.63 Å². The lowest BCUT2D eigenvalue weighted by Gasteiger charge is -2.39. The molecule has 0 spiro atoms. The van der Waals surface area contributed by atoms with Crippen LogP contribution in [0.25, 0.3) is 10.8 Å². The summed E-state index contributed by atoms with van der Waals surface area (Å²) in [5.41, 5.74) is 0.376. The third-order valence-corrected chi connectivity index (χ3v) is 11.6. The molecular formula is C22H23F9O3S2. The van der Waals surface area contributed by atoms with Crippen LogP contribution in [-0.4, -0.2) is 43.2 Å². The van der Waals surface area contributed by atoms with E-state index in [1.165, 1.54) is 6.07 Å². The van der Waals surface area contributed by atoms with Gasteiger partial charge < -0.3 is 0 Å². The molecule has 204 valence electrons. The zero-order chi connectivity index (χ0) is 27.6. The van der Waals surface area contributed by atoms with Gasteiger partial charge in [-0.05, 0) is 40.7 Å². The fourth-order valence-electron chi connectivity index (χ4n) is 4.08. The molecule has 2 aromatic carbocycles. The largest absolute Gasteiger partial charge is 0.460 e. The summed E-state index contributed by atoms with van der Waals surface area (Å²) < 4.78 is 151. The van der Waals surface area contributed by atoms with Gasteiger partial charge in [-0.1, -0.05) is 61.4 Å².